The summed E-state index contributed by atoms with van der Waals surface area (Å²) >= 11 is 5.95. The van der Waals surface area contributed by atoms with Gasteiger partial charge in [0.1, 0.15) is 0 Å². The van der Waals surface area contributed by atoms with Crippen molar-refractivity contribution in [1.82, 2.24) is 4.90 Å². The highest BCUT2D eigenvalue weighted by Gasteiger charge is 2.30. The van der Waals surface area contributed by atoms with Gasteiger partial charge in [-0.1, -0.05) is 37.1 Å². The van der Waals surface area contributed by atoms with Crippen molar-refractivity contribution in [2.75, 3.05) is 6.54 Å². The normalized spacial score (nSPS) is 21.6. The van der Waals surface area contributed by atoms with E-state index in [1.807, 2.05) is 12.1 Å². The third-order valence-electron chi connectivity index (χ3n) is 4.12. The quantitative estimate of drug-likeness (QED) is 0.888. The third kappa shape index (κ3) is 3.74. The molecule has 2 atom stereocenters. The van der Waals surface area contributed by atoms with Gasteiger partial charge in [-0.2, -0.15) is 0 Å². The van der Waals surface area contributed by atoms with Gasteiger partial charge in [0.2, 0.25) is 0 Å². The molecule has 3 nitrogen and oxygen atoms in total. The van der Waals surface area contributed by atoms with Crippen LogP contribution in [0.2, 0.25) is 5.02 Å². The van der Waals surface area contributed by atoms with Crippen LogP contribution in [-0.2, 0) is 4.79 Å². The highest BCUT2D eigenvalue weighted by molar-refractivity contribution is 6.30. The van der Waals surface area contributed by atoms with Crippen LogP contribution in [0.5, 0.6) is 0 Å². The molecule has 2 unspecified atom stereocenters. The first-order valence-corrected chi connectivity index (χ1v) is 7.72. The number of nitrogens with zero attached hydrogens (tertiary/aromatic N) is 1. The fourth-order valence-electron chi connectivity index (χ4n) is 3.20. The third-order valence-corrected chi connectivity index (χ3v) is 4.38. The molecule has 0 radical (unpaired) electrons. The number of hydrogen-bond donors (Lipinski definition) is 1. The zero-order valence-electron chi connectivity index (χ0n) is 11.9. The Morgan fingerprint density at radius 3 is 2.70 bits per heavy atom. The fraction of sp³-hybridized carbons (Fsp3) is 0.562. The standard InChI is InChI=1S/C16H22ClNO2/c1-2-15(12-6-8-13(17)9-7-12)18-10-4-3-5-14(18)11-16(19)20/h6-9,14-15H,2-5,10-11H2,1H3,(H,19,20). The van der Waals surface area contributed by atoms with Crippen molar-refractivity contribution in [1.29, 1.82) is 0 Å². The molecule has 110 valence electrons. The molecule has 4 heteroatoms. The van der Waals surface area contributed by atoms with Crippen molar-refractivity contribution in [3.63, 3.8) is 0 Å². The molecule has 20 heavy (non-hydrogen) atoms. The topological polar surface area (TPSA) is 40.5 Å². The number of carbonyl (C=O) groups is 1. The van der Waals surface area contributed by atoms with Crippen LogP contribution < -0.4 is 0 Å². The molecule has 1 heterocycles. The van der Waals surface area contributed by atoms with Gasteiger partial charge < -0.3 is 5.11 Å². The molecular formula is C16H22ClNO2. The molecule has 0 aliphatic carbocycles. The van der Waals surface area contributed by atoms with Crippen LogP contribution >= 0.6 is 11.6 Å². The molecule has 0 saturated carbocycles. The van der Waals surface area contributed by atoms with Crippen molar-refractivity contribution in [2.24, 2.45) is 0 Å². The second kappa shape index (κ2) is 7.09. The van der Waals surface area contributed by atoms with E-state index >= 15 is 0 Å². The lowest BCUT2D eigenvalue weighted by Crippen LogP contribution is -2.43. The Bertz CT molecular complexity index is 446. The van der Waals surface area contributed by atoms with E-state index in [1.54, 1.807) is 0 Å². The summed E-state index contributed by atoms with van der Waals surface area (Å²) < 4.78 is 0. The number of rotatable bonds is 5. The molecule has 1 aromatic carbocycles. The second-order valence-electron chi connectivity index (χ2n) is 5.46. The van der Waals surface area contributed by atoms with E-state index in [2.05, 4.69) is 24.0 Å². The number of likely N-dealkylation sites (tertiary alicyclic amines) is 1. The minimum atomic E-state index is -0.701. The number of piperidine rings is 1. The maximum Gasteiger partial charge on any atom is 0.304 e. The summed E-state index contributed by atoms with van der Waals surface area (Å²) in [5.74, 6) is -0.701. The first-order valence-electron chi connectivity index (χ1n) is 7.34. The first kappa shape index (κ1) is 15.3. The second-order valence-corrected chi connectivity index (χ2v) is 5.90. The number of halogens is 1. The van der Waals surface area contributed by atoms with Crippen molar-refractivity contribution >= 4 is 17.6 Å². The van der Waals surface area contributed by atoms with Crippen molar-refractivity contribution in [2.45, 2.75) is 51.1 Å². The van der Waals surface area contributed by atoms with Gasteiger partial charge in [-0.3, -0.25) is 9.69 Å². The number of benzene rings is 1. The van der Waals surface area contributed by atoms with Gasteiger partial charge in [0, 0.05) is 17.1 Å². The van der Waals surface area contributed by atoms with Crippen LogP contribution in [-0.4, -0.2) is 28.6 Å². The van der Waals surface area contributed by atoms with Gasteiger partial charge in [-0.25, -0.2) is 0 Å². The number of hydrogen-bond acceptors (Lipinski definition) is 2. The van der Waals surface area contributed by atoms with Crippen molar-refractivity contribution < 1.29 is 9.90 Å². The molecule has 1 N–H and O–H groups in total. The minimum absolute atomic E-state index is 0.155. The molecule has 1 aliphatic heterocycles. The molecule has 0 spiro atoms. The minimum Gasteiger partial charge on any atom is -0.481 e. The number of aliphatic carboxylic acids is 1. The smallest absolute Gasteiger partial charge is 0.304 e. The van der Waals surface area contributed by atoms with Gasteiger partial charge in [-0.05, 0) is 43.5 Å². The highest BCUT2D eigenvalue weighted by Crippen LogP contribution is 2.32. The molecule has 0 amide bonds. The van der Waals surface area contributed by atoms with Crippen LogP contribution in [0.3, 0.4) is 0 Å². The first-order chi connectivity index (χ1) is 9.61. The van der Waals surface area contributed by atoms with E-state index in [1.165, 1.54) is 5.56 Å². The van der Waals surface area contributed by atoms with Crippen LogP contribution in [0.4, 0.5) is 0 Å². The van der Waals surface area contributed by atoms with Crippen LogP contribution in [0.25, 0.3) is 0 Å². The van der Waals surface area contributed by atoms with Crippen molar-refractivity contribution in [3.8, 4) is 0 Å². The zero-order valence-corrected chi connectivity index (χ0v) is 12.6. The SMILES string of the molecule is CCC(c1ccc(Cl)cc1)N1CCCCC1CC(=O)O. The average Bonchev–Trinajstić information content (AvgIpc) is 2.43. The summed E-state index contributed by atoms with van der Waals surface area (Å²) in [6, 6.07) is 8.39. The molecule has 0 aromatic heterocycles. The summed E-state index contributed by atoms with van der Waals surface area (Å²) in [6.07, 6.45) is 4.49. The van der Waals surface area contributed by atoms with Gasteiger partial charge in [0.25, 0.3) is 0 Å². The fourth-order valence-corrected chi connectivity index (χ4v) is 3.33. The lowest BCUT2D eigenvalue weighted by molar-refractivity contribution is -0.139. The summed E-state index contributed by atoms with van der Waals surface area (Å²) in [7, 11) is 0. The maximum absolute atomic E-state index is 11.1. The van der Waals surface area contributed by atoms with E-state index in [0.717, 1.165) is 37.3 Å². The Balaban J connectivity index is 2.19. The molecule has 1 saturated heterocycles. The summed E-state index contributed by atoms with van der Waals surface area (Å²) in [4.78, 5) is 13.4. The van der Waals surface area contributed by atoms with E-state index in [9.17, 15) is 4.79 Å². The zero-order chi connectivity index (χ0) is 14.5. The number of carboxylic acids is 1. The van der Waals surface area contributed by atoms with Crippen molar-refractivity contribution in [3.05, 3.63) is 34.9 Å². The lowest BCUT2D eigenvalue weighted by Gasteiger charge is -2.40. The van der Waals surface area contributed by atoms with Gasteiger partial charge in [-0.15, -0.1) is 0 Å². The predicted octanol–water partition coefficient (Wildman–Crippen LogP) is 4.12. The van der Waals surface area contributed by atoms with Crippen LogP contribution in [0.15, 0.2) is 24.3 Å². The Morgan fingerprint density at radius 2 is 2.10 bits per heavy atom. The maximum atomic E-state index is 11.1. The average molecular weight is 296 g/mol. The molecule has 0 bridgehead atoms. The van der Waals surface area contributed by atoms with E-state index in [0.29, 0.717) is 0 Å². The Hall–Kier alpha value is -1.06. The van der Waals surface area contributed by atoms with E-state index < -0.39 is 5.97 Å². The molecule has 1 aliphatic rings. The molecular weight excluding hydrogens is 274 g/mol. The van der Waals surface area contributed by atoms with Gasteiger partial charge >= 0.3 is 5.97 Å². The Morgan fingerprint density at radius 1 is 1.40 bits per heavy atom. The monoisotopic (exact) mass is 295 g/mol. The molecule has 1 fully saturated rings. The molecule has 2 rings (SSSR count). The summed E-state index contributed by atoms with van der Waals surface area (Å²) in [5, 5.41) is 9.84. The van der Waals surface area contributed by atoms with Crippen LogP contribution in [0, 0.1) is 0 Å². The van der Waals surface area contributed by atoms with Gasteiger partial charge in [0.05, 0.1) is 6.42 Å². The van der Waals surface area contributed by atoms with E-state index in [-0.39, 0.29) is 18.5 Å². The van der Waals surface area contributed by atoms with Crippen LogP contribution in [0.1, 0.15) is 50.6 Å². The predicted molar refractivity (Wildman–Crippen MR) is 81.1 cm³/mol. The van der Waals surface area contributed by atoms with Gasteiger partial charge in [0.15, 0.2) is 0 Å². The largest absolute Gasteiger partial charge is 0.481 e. The van der Waals surface area contributed by atoms with E-state index in [4.69, 9.17) is 16.7 Å². The molecule has 1 aromatic rings. The summed E-state index contributed by atoms with van der Waals surface area (Å²) in [6.45, 7) is 3.14. The number of carboxylic acid groups (broad SMARTS) is 1. The Kier molecular flexibility index (Phi) is 5.44. The summed E-state index contributed by atoms with van der Waals surface area (Å²) in [5.41, 5.74) is 1.23. The lowest BCUT2D eigenvalue weighted by atomic mass is 9.93. The Labute approximate surface area is 125 Å². The highest BCUT2D eigenvalue weighted by atomic mass is 35.5.